The summed E-state index contributed by atoms with van der Waals surface area (Å²) in [7, 11) is 0. The smallest absolute Gasteiger partial charge is 0.222 e. The molecule has 2 rings (SSSR count). The van der Waals surface area contributed by atoms with Crippen LogP contribution in [0.1, 0.15) is 37.3 Å². The predicted molar refractivity (Wildman–Crippen MR) is 88.9 cm³/mol. The molecule has 0 radical (unpaired) electrons. The van der Waals surface area contributed by atoms with Crippen molar-refractivity contribution in [1.29, 1.82) is 0 Å². The van der Waals surface area contributed by atoms with Gasteiger partial charge in [0.2, 0.25) is 11.8 Å². The van der Waals surface area contributed by atoms with Crippen molar-refractivity contribution in [3.8, 4) is 0 Å². The van der Waals surface area contributed by atoms with E-state index >= 15 is 0 Å². The Morgan fingerprint density at radius 3 is 2.78 bits per heavy atom. The van der Waals surface area contributed by atoms with Crippen LogP contribution in [0.3, 0.4) is 0 Å². The lowest BCUT2D eigenvalue weighted by Crippen LogP contribution is -2.38. The molecule has 1 unspecified atom stereocenters. The third-order valence-corrected chi connectivity index (χ3v) is 4.24. The monoisotopic (exact) mass is 318 g/mol. The molecule has 5 heteroatoms. The van der Waals surface area contributed by atoms with Crippen LogP contribution in [0.15, 0.2) is 24.3 Å². The van der Waals surface area contributed by atoms with Crippen LogP contribution in [0.5, 0.6) is 0 Å². The number of aryl methyl sites for hydroxylation is 1. The summed E-state index contributed by atoms with van der Waals surface area (Å²) in [6, 6.07) is 7.99. The maximum atomic E-state index is 12.0. The summed E-state index contributed by atoms with van der Waals surface area (Å²) in [4.78, 5) is 25.4. The molecule has 2 amide bonds. The summed E-state index contributed by atoms with van der Waals surface area (Å²) in [5.74, 6) is -0.0425. The number of hydrogen-bond acceptors (Lipinski definition) is 3. The molecule has 1 heterocycles. The Morgan fingerprint density at radius 2 is 2.13 bits per heavy atom. The van der Waals surface area contributed by atoms with Gasteiger partial charge >= 0.3 is 0 Å². The SMILES string of the molecule is CC(=O)N(CCC(=O)NCc1ccccc1C)CC1CCCO1. The maximum Gasteiger partial charge on any atom is 0.222 e. The number of carbonyl (C=O) groups is 2. The minimum Gasteiger partial charge on any atom is -0.376 e. The minimum atomic E-state index is -0.0353. The van der Waals surface area contributed by atoms with Crippen molar-refractivity contribution in [3.05, 3.63) is 35.4 Å². The van der Waals surface area contributed by atoms with Gasteiger partial charge in [-0.15, -0.1) is 0 Å². The molecule has 5 nitrogen and oxygen atoms in total. The second kappa shape index (κ2) is 8.67. The third kappa shape index (κ3) is 5.67. The quantitative estimate of drug-likeness (QED) is 0.837. The number of hydrogen-bond donors (Lipinski definition) is 1. The van der Waals surface area contributed by atoms with Gasteiger partial charge in [-0.1, -0.05) is 24.3 Å². The molecule has 1 saturated heterocycles. The van der Waals surface area contributed by atoms with E-state index in [2.05, 4.69) is 5.32 Å². The number of ether oxygens (including phenoxy) is 1. The number of carbonyl (C=O) groups excluding carboxylic acids is 2. The van der Waals surface area contributed by atoms with Gasteiger partial charge in [0.05, 0.1) is 6.10 Å². The highest BCUT2D eigenvalue weighted by Crippen LogP contribution is 2.13. The van der Waals surface area contributed by atoms with Crippen LogP contribution in [0.25, 0.3) is 0 Å². The average molecular weight is 318 g/mol. The van der Waals surface area contributed by atoms with Crippen molar-refractivity contribution in [1.82, 2.24) is 10.2 Å². The van der Waals surface area contributed by atoms with E-state index in [1.54, 1.807) is 11.8 Å². The molecule has 1 aliphatic heterocycles. The summed E-state index contributed by atoms with van der Waals surface area (Å²) < 4.78 is 5.56. The van der Waals surface area contributed by atoms with Gasteiger partial charge in [-0.2, -0.15) is 0 Å². The molecular formula is C18H26N2O3. The van der Waals surface area contributed by atoms with Gasteiger partial charge in [0.25, 0.3) is 0 Å². The van der Waals surface area contributed by atoms with Gasteiger partial charge < -0.3 is 15.0 Å². The molecule has 126 valence electrons. The predicted octanol–water partition coefficient (Wildman–Crippen LogP) is 2.03. The van der Waals surface area contributed by atoms with E-state index in [-0.39, 0.29) is 17.9 Å². The highest BCUT2D eigenvalue weighted by atomic mass is 16.5. The van der Waals surface area contributed by atoms with E-state index in [9.17, 15) is 9.59 Å². The highest BCUT2D eigenvalue weighted by molar-refractivity contribution is 5.78. The normalized spacial score (nSPS) is 17.0. The molecule has 0 bridgehead atoms. The summed E-state index contributed by atoms with van der Waals surface area (Å²) in [6.45, 7) is 5.89. The van der Waals surface area contributed by atoms with Crippen molar-refractivity contribution < 1.29 is 14.3 Å². The lowest BCUT2D eigenvalue weighted by Gasteiger charge is -2.24. The highest BCUT2D eigenvalue weighted by Gasteiger charge is 2.21. The Kier molecular flexibility index (Phi) is 6.59. The van der Waals surface area contributed by atoms with Crippen LogP contribution in [0.2, 0.25) is 0 Å². The molecule has 0 spiro atoms. The van der Waals surface area contributed by atoms with E-state index in [0.717, 1.165) is 30.6 Å². The molecule has 23 heavy (non-hydrogen) atoms. The fourth-order valence-electron chi connectivity index (χ4n) is 2.74. The van der Waals surface area contributed by atoms with Gasteiger partial charge in [0, 0.05) is 39.6 Å². The van der Waals surface area contributed by atoms with Crippen LogP contribution >= 0.6 is 0 Å². The van der Waals surface area contributed by atoms with E-state index in [1.807, 2.05) is 31.2 Å². The summed E-state index contributed by atoms with van der Waals surface area (Å²) in [6.07, 6.45) is 2.48. The molecule has 1 aromatic carbocycles. The Bertz CT molecular complexity index is 539. The van der Waals surface area contributed by atoms with Gasteiger partial charge in [-0.05, 0) is 30.9 Å². The Labute approximate surface area is 138 Å². The number of rotatable bonds is 7. The lowest BCUT2D eigenvalue weighted by molar-refractivity contribution is -0.131. The van der Waals surface area contributed by atoms with Crippen LogP contribution in [-0.2, 0) is 20.9 Å². The van der Waals surface area contributed by atoms with Gasteiger partial charge in [0.15, 0.2) is 0 Å². The van der Waals surface area contributed by atoms with E-state index < -0.39 is 0 Å². The largest absolute Gasteiger partial charge is 0.376 e. The zero-order valence-corrected chi connectivity index (χ0v) is 14.0. The fraction of sp³-hybridized carbons (Fsp3) is 0.556. The topological polar surface area (TPSA) is 58.6 Å². The van der Waals surface area contributed by atoms with Crippen molar-refractivity contribution >= 4 is 11.8 Å². The maximum absolute atomic E-state index is 12.0. The molecule has 1 aliphatic rings. The van der Waals surface area contributed by atoms with Crippen LogP contribution in [0.4, 0.5) is 0 Å². The standard InChI is InChI=1S/C18H26N2O3/c1-14-6-3-4-7-16(14)12-19-18(22)9-10-20(15(2)21)13-17-8-5-11-23-17/h3-4,6-7,17H,5,8-13H2,1-2H3,(H,19,22). The third-order valence-electron chi connectivity index (χ3n) is 4.24. The van der Waals surface area contributed by atoms with Crippen molar-refractivity contribution in [2.24, 2.45) is 0 Å². The molecular weight excluding hydrogens is 292 g/mol. The first-order valence-corrected chi connectivity index (χ1v) is 8.24. The molecule has 0 aliphatic carbocycles. The molecule has 1 aromatic rings. The average Bonchev–Trinajstić information content (AvgIpc) is 3.03. The van der Waals surface area contributed by atoms with E-state index in [4.69, 9.17) is 4.74 Å². The summed E-state index contributed by atoms with van der Waals surface area (Å²) in [5, 5.41) is 2.92. The van der Waals surface area contributed by atoms with E-state index in [1.165, 1.54) is 0 Å². The van der Waals surface area contributed by atoms with Crippen LogP contribution < -0.4 is 5.32 Å². The number of amides is 2. The molecule has 1 fully saturated rings. The zero-order valence-electron chi connectivity index (χ0n) is 14.0. The molecule has 0 saturated carbocycles. The molecule has 1 atom stereocenters. The summed E-state index contributed by atoms with van der Waals surface area (Å²) >= 11 is 0. The number of benzene rings is 1. The Balaban J connectivity index is 1.75. The first-order chi connectivity index (χ1) is 11.1. The van der Waals surface area contributed by atoms with Crippen molar-refractivity contribution in [2.75, 3.05) is 19.7 Å². The Hall–Kier alpha value is -1.88. The van der Waals surface area contributed by atoms with Gasteiger partial charge in [0.1, 0.15) is 0 Å². The first kappa shape index (κ1) is 17.5. The van der Waals surface area contributed by atoms with Crippen LogP contribution in [-0.4, -0.2) is 42.5 Å². The van der Waals surface area contributed by atoms with Gasteiger partial charge in [-0.3, -0.25) is 9.59 Å². The number of nitrogens with zero attached hydrogens (tertiary/aromatic N) is 1. The Morgan fingerprint density at radius 1 is 1.35 bits per heavy atom. The van der Waals surface area contributed by atoms with Gasteiger partial charge in [-0.25, -0.2) is 0 Å². The van der Waals surface area contributed by atoms with Crippen LogP contribution in [0, 0.1) is 6.92 Å². The fourth-order valence-corrected chi connectivity index (χ4v) is 2.74. The zero-order chi connectivity index (χ0) is 16.7. The molecule has 0 aromatic heterocycles. The summed E-state index contributed by atoms with van der Waals surface area (Å²) in [5.41, 5.74) is 2.28. The van der Waals surface area contributed by atoms with Crippen molar-refractivity contribution in [3.63, 3.8) is 0 Å². The molecule has 1 N–H and O–H groups in total. The number of nitrogens with one attached hydrogen (secondary N) is 1. The second-order valence-corrected chi connectivity index (χ2v) is 6.05. The van der Waals surface area contributed by atoms with E-state index in [0.29, 0.717) is 26.1 Å². The van der Waals surface area contributed by atoms with Crippen molar-refractivity contribution in [2.45, 2.75) is 45.8 Å². The first-order valence-electron chi connectivity index (χ1n) is 8.24. The lowest BCUT2D eigenvalue weighted by atomic mass is 10.1. The second-order valence-electron chi connectivity index (χ2n) is 6.05. The minimum absolute atomic E-state index is 0.00722.